The second-order valence-electron chi connectivity index (χ2n) is 7.52. The van der Waals surface area contributed by atoms with E-state index in [1.54, 1.807) is 13.8 Å². The number of nitrogens with one attached hydrogen (secondary N) is 2. The Morgan fingerprint density at radius 2 is 1.85 bits per heavy atom. The van der Waals surface area contributed by atoms with Gasteiger partial charge >= 0.3 is 0 Å². The van der Waals surface area contributed by atoms with Gasteiger partial charge < -0.3 is 20.9 Å². The Morgan fingerprint density at radius 1 is 1.23 bits per heavy atom. The van der Waals surface area contributed by atoms with Crippen molar-refractivity contribution in [2.45, 2.75) is 78.0 Å². The summed E-state index contributed by atoms with van der Waals surface area (Å²) >= 11 is 0. The first-order valence-corrected chi connectivity index (χ1v) is 9.26. The largest absolute Gasteiger partial charge is 0.352 e. The minimum absolute atomic E-state index is 0.00982. The highest BCUT2D eigenvalue weighted by molar-refractivity contribution is 5.97. The van der Waals surface area contributed by atoms with Gasteiger partial charge in [-0.1, -0.05) is 0 Å². The molecule has 2 amide bonds. The number of rotatable bonds is 5. The topological polar surface area (TPSA) is 106 Å². The van der Waals surface area contributed by atoms with E-state index in [0.717, 1.165) is 25.7 Å². The number of aromatic nitrogens is 1. The second-order valence-corrected chi connectivity index (χ2v) is 7.52. The zero-order chi connectivity index (χ0) is 19.4. The first-order chi connectivity index (χ1) is 12.2. The Balaban J connectivity index is 2.22. The summed E-state index contributed by atoms with van der Waals surface area (Å²) in [5.41, 5.74) is 7.24. The quantitative estimate of drug-likeness (QED) is 0.726. The molecule has 1 aliphatic carbocycles. The molecule has 1 saturated carbocycles. The first kappa shape index (κ1) is 20.2. The number of nitrogens with zero attached hydrogens (tertiary/aromatic N) is 1. The summed E-state index contributed by atoms with van der Waals surface area (Å²) in [4.78, 5) is 37.2. The van der Waals surface area contributed by atoms with Crippen molar-refractivity contribution in [2.24, 2.45) is 5.73 Å². The molecule has 144 valence electrons. The Hall–Kier alpha value is -2.15. The molecular formula is C19H30N4O3. The van der Waals surface area contributed by atoms with Crippen LogP contribution in [0.4, 0.5) is 0 Å². The van der Waals surface area contributed by atoms with E-state index >= 15 is 0 Å². The summed E-state index contributed by atoms with van der Waals surface area (Å²) < 4.78 is 1.36. The highest BCUT2D eigenvalue weighted by Crippen LogP contribution is 2.18. The van der Waals surface area contributed by atoms with Gasteiger partial charge in [-0.25, -0.2) is 0 Å². The van der Waals surface area contributed by atoms with E-state index < -0.39 is 0 Å². The van der Waals surface area contributed by atoms with E-state index in [2.05, 4.69) is 10.6 Å². The van der Waals surface area contributed by atoms with Crippen LogP contribution in [0.15, 0.2) is 10.9 Å². The smallest absolute Gasteiger partial charge is 0.253 e. The van der Waals surface area contributed by atoms with Crippen molar-refractivity contribution in [3.05, 3.63) is 33.2 Å². The molecular weight excluding hydrogens is 332 g/mol. The Labute approximate surface area is 154 Å². The third kappa shape index (κ3) is 4.94. The van der Waals surface area contributed by atoms with Crippen LogP contribution in [0.5, 0.6) is 0 Å². The SMILES string of the molecule is Cc1cc(=O)n(CC(=O)NC(C)C)c(C)c1C(=O)NC1CCC(N)CC1. The molecule has 1 heterocycles. The molecule has 0 aromatic carbocycles. The summed E-state index contributed by atoms with van der Waals surface area (Å²) in [5.74, 6) is -0.444. The predicted octanol–water partition coefficient (Wildman–Crippen LogP) is 0.989. The van der Waals surface area contributed by atoms with Crippen molar-refractivity contribution >= 4 is 11.8 Å². The average molecular weight is 362 g/mol. The van der Waals surface area contributed by atoms with Crippen LogP contribution >= 0.6 is 0 Å². The minimum atomic E-state index is -0.279. The van der Waals surface area contributed by atoms with Crippen LogP contribution in [-0.2, 0) is 11.3 Å². The van der Waals surface area contributed by atoms with Crippen molar-refractivity contribution in [1.82, 2.24) is 15.2 Å². The van der Waals surface area contributed by atoms with Crippen LogP contribution < -0.4 is 21.9 Å². The van der Waals surface area contributed by atoms with Crippen LogP contribution in [0.25, 0.3) is 0 Å². The predicted molar refractivity (Wildman–Crippen MR) is 101 cm³/mol. The fourth-order valence-electron chi connectivity index (χ4n) is 3.49. The van der Waals surface area contributed by atoms with E-state index in [-0.39, 0.29) is 42.0 Å². The molecule has 0 spiro atoms. The van der Waals surface area contributed by atoms with Gasteiger partial charge in [-0.2, -0.15) is 0 Å². The van der Waals surface area contributed by atoms with Gasteiger partial charge in [0.25, 0.3) is 11.5 Å². The number of aryl methyl sites for hydroxylation is 1. The first-order valence-electron chi connectivity index (χ1n) is 9.26. The van der Waals surface area contributed by atoms with Gasteiger partial charge in [0.15, 0.2) is 0 Å². The van der Waals surface area contributed by atoms with Crippen LogP contribution in [0.1, 0.15) is 61.1 Å². The van der Waals surface area contributed by atoms with Gasteiger partial charge in [0.05, 0.1) is 5.56 Å². The molecule has 1 aromatic rings. The minimum Gasteiger partial charge on any atom is -0.352 e. The molecule has 1 aromatic heterocycles. The van der Waals surface area contributed by atoms with E-state index in [4.69, 9.17) is 5.73 Å². The molecule has 0 saturated heterocycles. The molecule has 1 aliphatic rings. The number of nitrogens with two attached hydrogens (primary N) is 1. The molecule has 7 nitrogen and oxygen atoms in total. The Morgan fingerprint density at radius 3 is 2.42 bits per heavy atom. The van der Waals surface area contributed by atoms with E-state index in [9.17, 15) is 14.4 Å². The molecule has 1 fully saturated rings. The zero-order valence-corrected chi connectivity index (χ0v) is 16.1. The lowest BCUT2D eigenvalue weighted by atomic mass is 9.91. The van der Waals surface area contributed by atoms with Crippen LogP contribution in [0.2, 0.25) is 0 Å². The van der Waals surface area contributed by atoms with Gasteiger partial charge in [0.2, 0.25) is 5.91 Å². The van der Waals surface area contributed by atoms with E-state index in [1.807, 2.05) is 13.8 Å². The summed E-state index contributed by atoms with van der Waals surface area (Å²) in [6, 6.07) is 1.73. The molecule has 7 heteroatoms. The number of amides is 2. The molecule has 0 bridgehead atoms. The number of hydrogen-bond acceptors (Lipinski definition) is 4. The maximum atomic E-state index is 12.8. The van der Waals surface area contributed by atoms with Gasteiger partial charge in [-0.3, -0.25) is 14.4 Å². The summed E-state index contributed by atoms with van der Waals surface area (Å²) in [7, 11) is 0. The van der Waals surface area contributed by atoms with E-state index in [1.165, 1.54) is 10.6 Å². The van der Waals surface area contributed by atoms with E-state index in [0.29, 0.717) is 16.8 Å². The van der Waals surface area contributed by atoms with Crippen molar-refractivity contribution in [1.29, 1.82) is 0 Å². The fraction of sp³-hybridized carbons (Fsp3) is 0.632. The maximum Gasteiger partial charge on any atom is 0.253 e. The number of hydrogen-bond donors (Lipinski definition) is 3. The maximum absolute atomic E-state index is 12.8. The van der Waals surface area contributed by atoms with Crippen LogP contribution in [0.3, 0.4) is 0 Å². The van der Waals surface area contributed by atoms with Crippen LogP contribution in [-0.4, -0.2) is 34.5 Å². The summed E-state index contributed by atoms with van der Waals surface area (Å²) in [6.45, 7) is 7.08. The molecule has 26 heavy (non-hydrogen) atoms. The zero-order valence-electron chi connectivity index (χ0n) is 16.1. The molecule has 4 N–H and O–H groups in total. The van der Waals surface area contributed by atoms with Crippen LogP contribution in [0, 0.1) is 13.8 Å². The molecule has 0 atom stereocenters. The fourth-order valence-corrected chi connectivity index (χ4v) is 3.49. The van der Waals surface area contributed by atoms with Crippen molar-refractivity contribution < 1.29 is 9.59 Å². The van der Waals surface area contributed by atoms with Crippen molar-refractivity contribution in [3.8, 4) is 0 Å². The lowest BCUT2D eigenvalue weighted by molar-refractivity contribution is -0.122. The number of carbonyl (C=O) groups excluding carboxylic acids is 2. The molecule has 0 radical (unpaired) electrons. The Bertz CT molecular complexity index is 731. The van der Waals surface area contributed by atoms with Gasteiger partial charge in [0.1, 0.15) is 6.54 Å². The summed E-state index contributed by atoms with van der Waals surface area (Å²) in [6.07, 6.45) is 3.53. The second kappa shape index (κ2) is 8.49. The van der Waals surface area contributed by atoms with Gasteiger partial charge in [-0.15, -0.1) is 0 Å². The summed E-state index contributed by atoms with van der Waals surface area (Å²) in [5, 5.41) is 5.83. The van der Waals surface area contributed by atoms with Crippen molar-refractivity contribution in [2.75, 3.05) is 0 Å². The van der Waals surface area contributed by atoms with Crippen molar-refractivity contribution in [3.63, 3.8) is 0 Å². The lowest BCUT2D eigenvalue weighted by Crippen LogP contribution is -2.42. The number of carbonyl (C=O) groups is 2. The number of pyridine rings is 1. The monoisotopic (exact) mass is 362 g/mol. The molecule has 0 aliphatic heterocycles. The van der Waals surface area contributed by atoms with Gasteiger partial charge in [0, 0.05) is 29.9 Å². The highest BCUT2D eigenvalue weighted by Gasteiger charge is 2.23. The lowest BCUT2D eigenvalue weighted by Gasteiger charge is -2.27. The third-order valence-corrected chi connectivity index (χ3v) is 4.85. The highest BCUT2D eigenvalue weighted by atomic mass is 16.2. The average Bonchev–Trinajstić information content (AvgIpc) is 2.52. The standard InChI is InChI=1S/C19H30N4O3/c1-11(2)21-16(24)10-23-13(4)18(12(3)9-17(23)25)19(26)22-15-7-5-14(20)6-8-15/h9,11,14-15H,5-8,10,20H2,1-4H3,(H,21,24)(H,22,26). The Kier molecular flexibility index (Phi) is 6.58. The normalized spacial score (nSPS) is 20.1. The molecule has 2 rings (SSSR count). The third-order valence-electron chi connectivity index (χ3n) is 4.85. The molecule has 0 unspecified atom stereocenters. The van der Waals surface area contributed by atoms with Gasteiger partial charge in [-0.05, 0) is 58.9 Å².